The van der Waals surface area contributed by atoms with E-state index in [0.29, 0.717) is 0 Å². The number of hydrogen-bond donors (Lipinski definition) is 4. The van der Waals surface area contributed by atoms with Gasteiger partial charge in [-0.1, -0.05) is 0 Å². The summed E-state index contributed by atoms with van der Waals surface area (Å²) < 4.78 is 20.9. The molecule has 0 aliphatic heterocycles. The van der Waals surface area contributed by atoms with Crippen molar-refractivity contribution in [3.63, 3.8) is 0 Å². The Morgan fingerprint density at radius 2 is 1.93 bits per heavy atom. The van der Waals surface area contributed by atoms with Gasteiger partial charge in [0.05, 0.1) is 12.8 Å². The molecular formula is C4H11NO7P2. The van der Waals surface area contributed by atoms with Crippen molar-refractivity contribution in [2.45, 2.75) is 0 Å². The van der Waals surface area contributed by atoms with Crippen LogP contribution in [-0.2, 0) is 13.9 Å². The lowest BCUT2D eigenvalue weighted by Gasteiger charge is -2.18. The number of aliphatic carboxylic acids is 1. The summed E-state index contributed by atoms with van der Waals surface area (Å²) in [5.74, 6) is -1.32. The number of hydrogen-bond acceptors (Lipinski definition) is 4. The monoisotopic (exact) mass is 247 g/mol. The molecule has 0 amide bonds. The van der Waals surface area contributed by atoms with Crippen LogP contribution in [0.4, 0.5) is 0 Å². The smallest absolute Gasteiger partial charge is 0.339 e. The first-order chi connectivity index (χ1) is 6.20. The van der Waals surface area contributed by atoms with Crippen LogP contribution < -0.4 is 0 Å². The Kier molecular flexibility index (Phi) is 5.51. The molecule has 0 bridgehead atoms. The highest BCUT2D eigenvalue weighted by Crippen LogP contribution is 2.36. The van der Waals surface area contributed by atoms with E-state index >= 15 is 0 Å². The number of nitrogens with zero attached hydrogens (tertiary/aromatic N) is 1. The first kappa shape index (κ1) is 13.8. The molecule has 1 atom stereocenters. The summed E-state index contributed by atoms with van der Waals surface area (Å²) in [7, 11) is -7.39. The SMILES string of the molecule is O=C(O)CN(C[PH](=O)O)CP(=O)(O)O. The van der Waals surface area contributed by atoms with Gasteiger partial charge in [-0.3, -0.25) is 18.8 Å². The van der Waals surface area contributed by atoms with Gasteiger partial charge in [0.15, 0.2) is 0 Å². The third kappa shape index (κ3) is 8.37. The summed E-state index contributed by atoms with van der Waals surface area (Å²) in [4.78, 5) is 36.5. The Bertz CT molecular complexity index is 257. The van der Waals surface area contributed by atoms with Crippen LogP contribution in [0.2, 0.25) is 0 Å². The maximum Gasteiger partial charge on any atom is 0.339 e. The second kappa shape index (κ2) is 5.60. The van der Waals surface area contributed by atoms with Gasteiger partial charge in [-0.2, -0.15) is 0 Å². The molecule has 0 radical (unpaired) electrons. The van der Waals surface area contributed by atoms with Gasteiger partial charge >= 0.3 is 13.6 Å². The molecule has 0 rings (SSSR count). The summed E-state index contributed by atoms with van der Waals surface area (Å²) >= 11 is 0. The van der Waals surface area contributed by atoms with Gasteiger partial charge in [0.1, 0.15) is 6.29 Å². The Morgan fingerprint density at radius 3 is 2.21 bits per heavy atom. The van der Waals surface area contributed by atoms with E-state index in [-0.39, 0.29) is 0 Å². The molecule has 14 heavy (non-hydrogen) atoms. The minimum absolute atomic E-state index is 0.540. The standard InChI is InChI=1S/C4H11NO7P2/c6-4(7)1-5(2-13(8)9)3-14(10,11)12/h13H,1-3H2,(H,6,7)(H,8,9)(H2,10,11,12). The molecule has 0 aromatic heterocycles. The molecule has 4 N–H and O–H groups in total. The first-order valence-electron chi connectivity index (χ1n) is 3.41. The highest BCUT2D eigenvalue weighted by molar-refractivity contribution is 7.51. The van der Waals surface area contributed by atoms with Crippen molar-refractivity contribution in [3.8, 4) is 0 Å². The second-order valence-electron chi connectivity index (χ2n) is 2.58. The van der Waals surface area contributed by atoms with Crippen LogP contribution in [0.5, 0.6) is 0 Å². The van der Waals surface area contributed by atoms with E-state index in [0.717, 1.165) is 4.90 Å². The van der Waals surface area contributed by atoms with Crippen molar-refractivity contribution in [2.75, 3.05) is 19.1 Å². The quantitative estimate of drug-likeness (QED) is 0.436. The van der Waals surface area contributed by atoms with Crippen LogP contribution in [-0.4, -0.2) is 49.8 Å². The fourth-order valence-electron chi connectivity index (χ4n) is 0.799. The van der Waals surface area contributed by atoms with Crippen molar-refractivity contribution in [1.82, 2.24) is 4.90 Å². The van der Waals surface area contributed by atoms with Gasteiger partial charge in [-0.15, -0.1) is 0 Å². The molecule has 0 aromatic rings. The van der Waals surface area contributed by atoms with Gasteiger partial charge in [0.2, 0.25) is 8.03 Å². The normalized spacial score (nSPS) is 14.3. The largest absolute Gasteiger partial charge is 0.480 e. The van der Waals surface area contributed by atoms with E-state index in [1.807, 2.05) is 0 Å². The number of carboxylic acid groups (broad SMARTS) is 1. The molecule has 0 aliphatic carbocycles. The van der Waals surface area contributed by atoms with Crippen molar-refractivity contribution < 1.29 is 33.7 Å². The van der Waals surface area contributed by atoms with E-state index in [4.69, 9.17) is 19.8 Å². The van der Waals surface area contributed by atoms with Gasteiger partial charge in [-0.05, 0) is 0 Å². The maximum atomic E-state index is 10.5. The van der Waals surface area contributed by atoms with E-state index in [9.17, 15) is 13.9 Å². The number of carboxylic acids is 1. The highest BCUT2D eigenvalue weighted by Gasteiger charge is 2.21. The Hall–Kier alpha value is -0.230. The van der Waals surface area contributed by atoms with Crippen LogP contribution >= 0.6 is 15.6 Å². The zero-order valence-corrected chi connectivity index (χ0v) is 8.92. The molecule has 10 heteroatoms. The molecule has 0 saturated carbocycles. The molecule has 84 valence electrons. The Labute approximate surface area is 80.2 Å². The number of rotatable bonds is 6. The molecule has 0 aliphatic rings. The second-order valence-corrected chi connectivity index (χ2v) is 5.30. The average molecular weight is 247 g/mol. The lowest BCUT2D eigenvalue weighted by atomic mass is 10.6. The minimum atomic E-state index is -4.41. The van der Waals surface area contributed by atoms with Crippen LogP contribution in [0.3, 0.4) is 0 Å². The van der Waals surface area contributed by atoms with Crippen molar-refractivity contribution in [1.29, 1.82) is 0 Å². The molecule has 0 aromatic carbocycles. The number of carbonyl (C=O) groups is 1. The molecule has 8 nitrogen and oxygen atoms in total. The topological polar surface area (TPSA) is 135 Å². The lowest BCUT2D eigenvalue weighted by molar-refractivity contribution is -0.137. The lowest BCUT2D eigenvalue weighted by Crippen LogP contribution is -2.30. The van der Waals surface area contributed by atoms with Gasteiger partial charge in [0.25, 0.3) is 0 Å². The summed E-state index contributed by atoms with van der Waals surface area (Å²) in [5, 5.41) is 8.33. The van der Waals surface area contributed by atoms with E-state index < -0.39 is 40.7 Å². The average Bonchev–Trinajstić information content (AvgIpc) is 1.77. The van der Waals surface area contributed by atoms with E-state index in [2.05, 4.69) is 0 Å². The zero-order valence-electron chi connectivity index (χ0n) is 7.03. The summed E-state index contributed by atoms with van der Waals surface area (Å²) in [6.45, 7) is -0.678. The Balaban J connectivity index is 4.32. The minimum Gasteiger partial charge on any atom is -0.480 e. The molecule has 1 unspecified atom stereocenters. The first-order valence-corrected chi connectivity index (χ1v) is 6.77. The van der Waals surface area contributed by atoms with Crippen molar-refractivity contribution >= 4 is 21.6 Å². The van der Waals surface area contributed by atoms with Crippen LogP contribution in [0, 0.1) is 0 Å². The third-order valence-electron chi connectivity index (χ3n) is 1.10. The predicted molar refractivity (Wildman–Crippen MR) is 47.3 cm³/mol. The molecule has 0 spiro atoms. The fourth-order valence-corrected chi connectivity index (χ4v) is 2.31. The molecule has 0 saturated heterocycles. The van der Waals surface area contributed by atoms with E-state index in [1.165, 1.54) is 0 Å². The summed E-state index contributed by atoms with van der Waals surface area (Å²) in [5.41, 5.74) is 0. The maximum absolute atomic E-state index is 10.5. The van der Waals surface area contributed by atoms with Gasteiger partial charge in [-0.25, -0.2) is 0 Å². The Morgan fingerprint density at radius 1 is 1.43 bits per heavy atom. The summed E-state index contributed by atoms with van der Waals surface area (Å²) in [6.07, 6.45) is -1.38. The van der Waals surface area contributed by atoms with Crippen LogP contribution in [0.25, 0.3) is 0 Å². The molecule has 0 heterocycles. The van der Waals surface area contributed by atoms with Gasteiger partial charge in [0, 0.05) is 0 Å². The van der Waals surface area contributed by atoms with E-state index in [1.54, 1.807) is 0 Å². The van der Waals surface area contributed by atoms with Crippen molar-refractivity contribution in [3.05, 3.63) is 0 Å². The van der Waals surface area contributed by atoms with Crippen LogP contribution in [0.1, 0.15) is 0 Å². The molecule has 0 fully saturated rings. The van der Waals surface area contributed by atoms with Gasteiger partial charge < -0.3 is 19.8 Å². The van der Waals surface area contributed by atoms with Crippen molar-refractivity contribution in [2.24, 2.45) is 0 Å². The third-order valence-corrected chi connectivity index (χ3v) is 2.59. The molecular weight excluding hydrogens is 236 g/mol. The zero-order chi connectivity index (χ0) is 11.4. The highest BCUT2D eigenvalue weighted by atomic mass is 31.2. The predicted octanol–water partition coefficient (Wildman–Crippen LogP) is -1.07. The summed E-state index contributed by atoms with van der Waals surface area (Å²) in [6, 6.07) is 0. The van der Waals surface area contributed by atoms with Crippen LogP contribution in [0.15, 0.2) is 0 Å². The fraction of sp³-hybridized carbons (Fsp3) is 0.750.